The zero-order valence-electron chi connectivity index (χ0n) is 10.2. The highest BCUT2D eigenvalue weighted by Gasteiger charge is 2.18. The molecule has 1 aromatic carbocycles. The molecule has 0 amide bonds. The highest BCUT2D eigenvalue weighted by Crippen LogP contribution is 2.19. The molecule has 1 rings (SSSR count). The molecule has 102 valence electrons. The van der Waals surface area contributed by atoms with Crippen LogP contribution in [0.4, 0.5) is 0 Å². The lowest BCUT2D eigenvalue weighted by Crippen LogP contribution is -2.34. The van der Waals surface area contributed by atoms with Crippen LogP contribution in [0.3, 0.4) is 0 Å². The quantitative estimate of drug-likeness (QED) is 0.818. The SMILES string of the molecule is COCC(O)CNS(=O)(=O)c1cc(Cl)ccc1C. The van der Waals surface area contributed by atoms with Crippen LogP contribution < -0.4 is 4.72 Å². The zero-order valence-corrected chi connectivity index (χ0v) is 11.8. The number of methoxy groups -OCH3 is 1. The van der Waals surface area contributed by atoms with Gasteiger partial charge in [0, 0.05) is 18.7 Å². The molecule has 7 heteroatoms. The van der Waals surface area contributed by atoms with E-state index in [-0.39, 0.29) is 18.0 Å². The normalized spacial score (nSPS) is 13.6. The van der Waals surface area contributed by atoms with E-state index in [9.17, 15) is 13.5 Å². The smallest absolute Gasteiger partial charge is 0.240 e. The number of aliphatic hydroxyl groups excluding tert-OH is 1. The Balaban J connectivity index is 2.83. The van der Waals surface area contributed by atoms with Crippen LogP contribution in [0.5, 0.6) is 0 Å². The van der Waals surface area contributed by atoms with E-state index in [1.165, 1.54) is 13.2 Å². The van der Waals surface area contributed by atoms with Gasteiger partial charge in [-0.3, -0.25) is 0 Å². The van der Waals surface area contributed by atoms with Crippen molar-refractivity contribution < 1.29 is 18.3 Å². The molecule has 1 atom stereocenters. The molecule has 0 saturated carbocycles. The second kappa shape index (κ2) is 6.49. The van der Waals surface area contributed by atoms with Gasteiger partial charge < -0.3 is 9.84 Å². The molecule has 0 aliphatic rings. The molecule has 0 heterocycles. The van der Waals surface area contributed by atoms with Crippen molar-refractivity contribution >= 4 is 21.6 Å². The number of aliphatic hydroxyl groups is 1. The summed E-state index contributed by atoms with van der Waals surface area (Å²) in [6, 6.07) is 4.63. The maximum Gasteiger partial charge on any atom is 0.240 e. The fourth-order valence-electron chi connectivity index (χ4n) is 1.40. The average Bonchev–Trinajstić information content (AvgIpc) is 2.30. The molecule has 0 aromatic heterocycles. The fraction of sp³-hybridized carbons (Fsp3) is 0.455. The van der Waals surface area contributed by atoms with Crippen LogP contribution in [0.25, 0.3) is 0 Å². The lowest BCUT2D eigenvalue weighted by Gasteiger charge is -2.12. The van der Waals surface area contributed by atoms with E-state index in [1.807, 2.05) is 0 Å². The van der Waals surface area contributed by atoms with Gasteiger partial charge in [0.25, 0.3) is 0 Å². The van der Waals surface area contributed by atoms with E-state index in [0.29, 0.717) is 10.6 Å². The standard InChI is InChI=1S/C11H16ClNO4S/c1-8-3-4-9(12)5-11(8)18(15,16)13-6-10(14)7-17-2/h3-5,10,13-14H,6-7H2,1-2H3. The topological polar surface area (TPSA) is 75.6 Å². The number of benzene rings is 1. The van der Waals surface area contributed by atoms with Crippen molar-refractivity contribution in [3.05, 3.63) is 28.8 Å². The van der Waals surface area contributed by atoms with E-state index < -0.39 is 16.1 Å². The van der Waals surface area contributed by atoms with Gasteiger partial charge >= 0.3 is 0 Å². The van der Waals surface area contributed by atoms with E-state index in [4.69, 9.17) is 16.3 Å². The van der Waals surface area contributed by atoms with Gasteiger partial charge in [0.2, 0.25) is 10.0 Å². The lowest BCUT2D eigenvalue weighted by atomic mass is 10.2. The first kappa shape index (κ1) is 15.4. The van der Waals surface area contributed by atoms with E-state index in [1.54, 1.807) is 19.1 Å². The third-order valence-electron chi connectivity index (χ3n) is 2.31. The van der Waals surface area contributed by atoms with Crippen LogP contribution in [0.2, 0.25) is 5.02 Å². The number of sulfonamides is 1. The Hall–Kier alpha value is -0.660. The molecule has 1 unspecified atom stereocenters. The molecule has 0 aliphatic carbocycles. The predicted molar refractivity (Wildman–Crippen MR) is 69.3 cm³/mol. The van der Waals surface area contributed by atoms with Crippen LogP contribution in [0, 0.1) is 6.92 Å². The minimum atomic E-state index is -3.68. The third kappa shape index (κ3) is 4.22. The minimum Gasteiger partial charge on any atom is -0.389 e. The number of nitrogens with one attached hydrogen (secondary N) is 1. The Labute approximate surface area is 112 Å². The Bertz CT molecular complexity index is 504. The van der Waals surface area contributed by atoms with Crippen molar-refractivity contribution in [2.24, 2.45) is 0 Å². The van der Waals surface area contributed by atoms with Crippen molar-refractivity contribution in [2.75, 3.05) is 20.3 Å². The van der Waals surface area contributed by atoms with Gasteiger partial charge in [-0.25, -0.2) is 13.1 Å². The molecular formula is C11H16ClNO4S. The Morgan fingerprint density at radius 1 is 1.50 bits per heavy atom. The van der Waals surface area contributed by atoms with Gasteiger partial charge in [-0.15, -0.1) is 0 Å². The Kier molecular flexibility index (Phi) is 5.55. The van der Waals surface area contributed by atoms with E-state index in [2.05, 4.69) is 4.72 Å². The second-order valence-corrected chi connectivity index (χ2v) is 6.04. The molecule has 18 heavy (non-hydrogen) atoms. The van der Waals surface area contributed by atoms with Gasteiger partial charge in [-0.1, -0.05) is 17.7 Å². The van der Waals surface area contributed by atoms with Crippen LogP contribution in [-0.2, 0) is 14.8 Å². The first-order valence-electron chi connectivity index (χ1n) is 5.29. The van der Waals surface area contributed by atoms with Crippen LogP contribution in [0.15, 0.2) is 23.1 Å². The first-order valence-corrected chi connectivity index (χ1v) is 7.15. The predicted octanol–water partition coefficient (Wildman–Crippen LogP) is 0.934. The van der Waals surface area contributed by atoms with E-state index in [0.717, 1.165) is 0 Å². The lowest BCUT2D eigenvalue weighted by molar-refractivity contribution is 0.0679. The van der Waals surface area contributed by atoms with Crippen LogP contribution in [0.1, 0.15) is 5.56 Å². The number of rotatable bonds is 6. The van der Waals surface area contributed by atoms with Crippen molar-refractivity contribution in [3.8, 4) is 0 Å². The van der Waals surface area contributed by atoms with Crippen LogP contribution in [-0.4, -0.2) is 39.9 Å². The molecular weight excluding hydrogens is 278 g/mol. The summed E-state index contributed by atoms with van der Waals surface area (Å²) in [4.78, 5) is 0.111. The molecule has 0 aliphatic heterocycles. The number of aryl methyl sites for hydroxylation is 1. The fourth-order valence-corrected chi connectivity index (χ4v) is 2.98. The maximum absolute atomic E-state index is 12.0. The number of halogens is 1. The first-order chi connectivity index (χ1) is 8.36. The summed E-state index contributed by atoms with van der Waals surface area (Å²) in [5.74, 6) is 0. The number of hydrogen-bond donors (Lipinski definition) is 2. The van der Waals surface area contributed by atoms with Crippen molar-refractivity contribution in [1.82, 2.24) is 4.72 Å². The summed E-state index contributed by atoms with van der Waals surface area (Å²) in [6.07, 6.45) is -0.885. The zero-order chi connectivity index (χ0) is 13.8. The Morgan fingerprint density at radius 2 is 2.17 bits per heavy atom. The van der Waals surface area contributed by atoms with Crippen molar-refractivity contribution in [2.45, 2.75) is 17.9 Å². The molecule has 0 bridgehead atoms. The monoisotopic (exact) mass is 293 g/mol. The van der Waals surface area contributed by atoms with E-state index >= 15 is 0 Å². The summed E-state index contributed by atoms with van der Waals surface area (Å²) in [7, 11) is -2.25. The third-order valence-corrected chi connectivity index (χ3v) is 4.11. The van der Waals surface area contributed by atoms with Crippen LogP contribution >= 0.6 is 11.6 Å². The molecule has 0 radical (unpaired) electrons. The van der Waals surface area contributed by atoms with Gasteiger partial charge in [0.1, 0.15) is 0 Å². The van der Waals surface area contributed by atoms with Crippen molar-refractivity contribution in [3.63, 3.8) is 0 Å². The summed E-state index contributed by atoms with van der Waals surface area (Å²) >= 11 is 5.77. The van der Waals surface area contributed by atoms with Crippen molar-refractivity contribution in [1.29, 1.82) is 0 Å². The molecule has 0 spiro atoms. The largest absolute Gasteiger partial charge is 0.389 e. The van der Waals surface area contributed by atoms with Gasteiger partial charge in [0.15, 0.2) is 0 Å². The molecule has 5 nitrogen and oxygen atoms in total. The summed E-state index contributed by atoms with van der Waals surface area (Å²) in [5.41, 5.74) is 0.591. The minimum absolute atomic E-state index is 0.0665. The summed E-state index contributed by atoms with van der Waals surface area (Å²) < 4.78 is 31.0. The Morgan fingerprint density at radius 3 is 2.78 bits per heavy atom. The summed E-state index contributed by atoms with van der Waals surface area (Å²) in [6.45, 7) is 1.63. The van der Waals surface area contributed by atoms with Gasteiger partial charge in [-0.2, -0.15) is 0 Å². The van der Waals surface area contributed by atoms with Gasteiger partial charge in [0.05, 0.1) is 17.6 Å². The highest BCUT2D eigenvalue weighted by molar-refractivity contribution is 7.89. The molecule has 1 aromatic rings. The highest BCUT2D eigenvalue weighted by atomic mass is 35.5. The maximum atomic E-state index is 12.0. The second-order valence-electron chi connectivity index (χ2n) is 3.87. The molecule has 2 N–H and O–H groups in total. The number of ether oxygens (including phenoxy) is 1. The molecule has 0 fully saturated rings. The summed E-state index contributed by atoms with van der Waals surface area (Å²) in [5, 5.41) is 9.75. The van der Waals surface area contributed by atoms with Gasteiger partial charge in [-0.05, 0) is 24.6 Å². The average molecular weight is 294 g/mol. The molecule has 0 saturated heterocycles. The number of hydrogen-bond acceptors (Lipinski definition) is 4.